The predicted octanol–water partition coefficient (Wildman–Crippen LogP) is 0.688. The molecule has 1 atom stereocenters. The monoisotopic (exact) mass is 314 g/mol. The number of nitrogens with zero attached hydrogens (tertiary/aromatic N) is 4. The minimum Gasteiger partial charge on any atom is -0.348 e. The second-order valence-electron chi connectivity index (χ2n) is 5.05. The largest absolute Gasteiger partial charge is 0.348 e. The number of aromatic amines is 1. The summed E-state index contributed by atoms with van der Waals surface area (Å²) in [6.45, 7) is 5.24. The molecule has 0 aliphatic carbocycles. The van der Waals surface area contributed by atoms with Crippen molar-refractivity contribution >= 4 is 11.8 Å². The van der Waals surface area contributed by atoms with Gasteiger partial charge in [-0.1, -0.05) is 30.8 Å². The number of likely N-dealkylation sites (N-methyl/N-ethyl adjacent to an activating group) is 1. The van der Waals surface area contributed by atoms with E-state index in [1.807, 2.05) is 31.2 Å². The summed E-state index contributed by atoms with van der Waals surface area (Å²) in [5.74, 6) is -0.0208. The lowest BCUT2D eigenvalue weighted by Crippen LogP contribution is -2.38. The summed E-state index contributed by atoms with van der Waals surface area (Å²) < 4.78 is 0. The molecule has 2 rings (SSSR count). The van der Waals surface area contributed by atoms with E-state index in [1.54, 1.807) is 7.05 Å². The second kappa shape index (κ2) is 7.30. The number of carbonyl (C=O) groups excluding carboxylic acids is 2. The highest BCUT2D eigenvalue weighted by atomic mass is 16.2. The molecule has 1 unspecified atom stereocenters. The average molecular weight is 314 g/mol. The Labute approximate surface area is 133 Å². The molecule has 1 heterocycles. The van der Waals surface area contributed by atoms with Gasteiger partial charge in [0.15, 0.2) is 0 Å². The van der Waals surface area contributed by atoms with Crippen molar-refractivity contribution in [3.05, 3.63) is 42.5 Å². The molecule has 2 amide bonds. The number of tetrazole rings is 1. The average Bonchev–Trinajstić information content (AvgIpc) is 3.08. The SMILES string of the molecule is C=CC(=O)N(C)CC(=O)NC(C)c1ccc(-c2nn[nH]n2)cc1. The molecular formula is C15H18N6O2. The third-order valence-corrected chi connectivity index (χ3v) is 3.32. The predicted molar refractivity (Wildman–Crippen MR) is 84.0 cm³/mol. The summed E-state index contributed by atoms with van der Waals surface area (Å²) in [4.78, 5) is 24.6. The number of benzene rings is 1. The molecule has 0 saturated carbocycles. The van der Waals surface area contributed by atoms with Crippen LogP contribution < -0.4 is 5.32 Å². The van der Waals surface area contributed by atoms with Crippen molar-refractivity contribution in [1.82, 2.24) is 30.8 Å². The lowest BCUT2D eigenvalue weighted by atomic mass is 10.1. The van der Waals surface area contributed by atoms with Crippen molar-refractivity contribution in [2.24, 2.45) is 0 Å². The topological polar surface area (TPSA) is 104 Å². The number of nitrogens with one attached hydrogen (secondary N) is 2. The van der Waals surface area contributed by atoms with Gasteiger partial charge in [0.05, 0.1) is 12.6 Å². The molecule has 2 aromatic rings. The van der Waals surface area contributed by atoms with E-state index in [0.717, 1.165) is 11.1 Å². The highest BCUT2D eigenvalue weighted by Crippen LogP contribution is 2.18. The zero-order valence-corrected chi connectivity index (χ0v) is 13.0. The van der Waals surface area contributed by atoms with Crippen LogP contribution in [0.15, 0.2) is 36.9 Å². The van der Waals surface area contributed by atoms with Crippen LogP contribution in [0.3, 0.4) is 0 Å². The van der Waals surface area contributed by atoms with Crippen LogP contribution in [0.1, 0.15) is 18.5 Å². The van der Waals surface area contributed by atoms with Crippen molar-refractivity contribution in [3.63, 3.8) is 0 Å². The third kappa shape index (κ3) is 4.22. The van der Waals surface area contributed by atoms with Crippen molar-refractivity contribution in [2.75, 3.05) is 13.6 Å². The smallest absolute Gasteiger partial charge is 0.246 e. The second-order valence-corrected chi connectivity index (χ2v) is 5.05. The molecule has 0 bridgehead atoms. The van der Waals surface area contributed by atoms with Crippen molar-refractivity contribution in [2.45, 2.75) is 13.0 Å². The Balaban J connectivity index is 1.95. The molecule has 8 nitrogen and oxygen atoms in total. The Morgan fingerprint density at radius 1 is 1.39 bits per heavy atom. The molecule has 120 valence electrons. The number of H-pyrrole nitrogens is 1. The molecular weight excluding hydrogens is 296 g/mol. The number of aromatic nitrogens is 4. The van der Waals surface area contributed by atoms with Gasteiger partial charge in [0, 0.05) is 12.6 Å². The van der Waals surface area contributed by atoms with Gasteiger partial charge in [-0.25, -0.2) is 0 Å². The van der Waals surface area contributed by atoms with Gasteiger partial charge in [0.25, 0.3) is 0 Å². The van der Waals surface area contributed by atoms with Gasteiger partial charge < -0.3 is 10.2 Å². The molecule has 0 saturated heterocycles. The Morgan fingerprint density at radius 3 is 2.65 bits per heavy atom. The van der Waals surface area contributed by atoms with E-state index in [0.29, 0.717) is 5.82 Å². The number of hydrogen-bond acceptors (Lipinski definition) is 5. The van der Waals surface area contributed by atoms with Gasteiger partial charge in [-0.2, -0.15) is 5.21 Å². The zero-order valence-electron chi connectivity index (χ0n) is 13.0. The van der Waals surface area contributed by atoms with Crippen molar-refractivity contribution < 1.29 is 9.59 Å². The summed E-state index contributed by atoms with van der Waals surface area (Å²) in [6, 6.07) is 7.30. The number of hydrogen-bond donors (Lipinski definition) is 2. The van der Waals surface area contributed by atoms with E-state index in [2.05, 4.69) is 32.5 Å². The first-order chi connectivity index (χ1) is 11.0. The van der Waals surface area contributed by atoms with E-state index in [1.165, 1.54) is 11.0 Å². The molecule has 0 radical (unpaired) electrons. The summed E-state index contributed by atoms with van der Waals surface area (Å²) >= 11 is 0. The molecule has 0 fully saturated rings. The maximum atomic E-state index is 11.9. The summed E-state index contributed by atoms with van der Waals surface area (Å²) in [6.07, 6.45) is 1.17. The molecule has 23 heavy (non-hydrogen) atoms. The minimum atomic E-state index is -0.294. The lowest BCUT2D eigenvalue weighted by Gasteiger charge is -2.18. The summed E-state index contributed by atoms with van der Waals surface area (Å²) in [7, 11) is 1.55. The maximum absolute atomic E-state index is 11.9. The molecule has 0 aliphatic rings. The Morgan fingerprint density at radius 2 is 2.09 bits per heavy atom. The Bertz CT molecular complexity index is 681. The highest BCUT2D eigenvalue weighted by Gasteiger charge is 2.14. The van der Waals surface area contributed by atoms with Crippen LogP contribution in [0, 0.1) is 0 Å². The van der Waals surface area contributed by atoms with Gasteiger partial charge >= 0.3 is 0 Å². The number of amides is 2. The van der Waals surface area contributed by atoms with Crippen molar-refractivity contribution in [1.29, 1.82) is 0 Å². The lowest BCUT2D eigenvalue weighted by molar-refractivity contribution is -0.131. The van der Waals surface area contributed by atoms with Crippen LogP contribution in [0.2, 0.25) is 0 Å². The van der Waals surface area contributed by atoms with E-state index >= 15 is 0 Å². The minimum absolute atomic E-state index is 0.0177. The first-order valence-corrected chi connectivity index (χ1v) is 7.02. The van der Waals surface area contributed by atoms with Gasteiger partial charge in [-0.05, 0) is 23.8 Å². The molecule has 1 aromatic carbocycles. The molecule has 1 aromatic heterocycles. The van der Waals surface area contributed by atoms with E-state index in [-0.39, 0.29) is 24.4 Å². The Kier molecular flexibility index (Phi) is 5.19. The Hall–Kier alpha value is -3.03. The van der Waals surface area contributed by atoms with Crippen molar-refractivity contribution in [3.8, 4) is 11.4 Å². The van der Waals surface area contributed by atoms with Crippen LogP contribution in [0.5, 0.6) is 0 Å². The number of rotatable bonds is 6. The maximum Gasteiger partial charge on any atom is 0.246 e. The molecule has 2 N–H and O–H groups in total. The van der Waals surface area contributed by atoms with Gasteiger partial charge in [-0.15, -0.1) is 10.2 Å². The van der Waals surface area contributed by atoms with E-state index < -0.39 is 0 Å². The first-order valence-electron chi connectivity index (χ1n) is 7.02. The summed E-state index contributed by atoms with van der Waals surface area (Å²) in [5, 5.41) is 16.6. The molecule has 8 heteroatoms. The van der Waals surface area contributed by atoms with Crippen LogP contribution in [0.25, 0.3) is 11.4 Å². The van der Waals surface area contributed by atoms with E-state index in [4.69, 9.17) is 0 Å². The summed E-state index contributed by atoms with van der Waals surface area (Å²) in [5.41, 5.74) is 1.76. The first kappa shape index (κ1) is 16.3. The molecule has 0 spiro atoms. The highest BCUT2D eigenvalue weighted by molar-refractivity contribution is 5.90. The fourth-order valence-corrected chi connectivity index (χ4v) is 2.02. The van der Waals surface area contributed by atoms with Crippen LogP contribution >= 0.6 is 0 Å². The zero-order chi connectivity index (χ0) is 16.8. The van der Waals surface area contributed by atoms with Gasteiger partial charge in [0.2, 0.25) is 17.6 Å². The number of carbonyl (C=O) groups is 2. The normalized spacial score (nSPS) is 11.6. The third-order valence-electron chi connectivity index (χ3n) is 3.32. The van der Waals surface area contributed by atoms with Gasteiger partial charge in [0.1, 0.15) is 0 Å². The van der Waals surface area contributed by atoms with Crippen LogP contribution in [-0.4, -0.2) is 50.9 Å². The van der Waals surface area contributed by atoms with Crippen LogP contribution in [-0.2, 0) is 9.59 Å². The van der Waals surface area contributed by atoms with Gasteiger partial charge in [-0.3, -0.25) is 9.59 Å². The standard InChI is InChI=1S/C15H18N6O2/c1-4-14(23)21(3)9-13(22)16-10(2)11-5-7-12(8-6-11)15-17-19-20-18-15/h4-8,10H,1,9H2,2-3H3,(H,16,22)(H,17,18,19,20). The molecule has 0 aliphatic heterocycles. The quantitative estimate of drug-likeness (QED) is 0.763. The fourth-order valence-electron chi connectivity index (χ4n) is 2.02. The van der Waals surface area contributed by atoms with E-state index in [9.17, 15) is 9.59 Å². The van der Waals surface area contributed by atoms with Crippen LogP contribution in [0.4, 0.5) is 0 Å². The fraction of sp³-hybridized carbons (Fsp3) is 0.267.